The number of ether oxygens (including phenoxy) is 1. The summed E-state index contributed by atoms with van der Waals surface area (Å²) in [4.78, 5) is 0. The van der Waals surface area contributed by atoms with Crippen molar-refractivity contribution in [1.82, 2.24) is 0 Å². The van der Waals surface area contributed by atoms with Crippen LogP contribution in [0.25, 0.3) is 0 Å². The highest BCUT2D eigenvalue weighted by atomic mass is 32.2. The van der Waals surface area contributed by atoms with Gasteiger partial charge in [-0.25, -0.2) is 8.42 Å². The van der Waals surface area contributed by atoms with Gasteiger partial charge >= 0.3 is 0 Å². The van der Waals surface area contributed by atoms with Crippen molar-refractivity contribution in [2.45, 2.75) is 74.1 Å². The molecule has 1 aliphatic heterocycles. The van der Waals surface area contributed by atoms with Gasteiger partial charge in [0.25, 0.3) is 0 Å². The third-order valence-corrected chi connectivity index (χ3v) is 7.24. The van der Waals surface area contributed by atoms with Gasteiger partial charge < -0.3 is 4.74 Å². The lowest BCUT2D eigenvalue weighted by atomic mass is 9.93. The topological polar surface area (TPSA) is 43.4 Å². The van der Waals surface area contributed by atoms with E-state index < -0.39 is 9.84 Å². The van der Waals surface area contributed by atoms with Gasteiger partial charge in [0.05, 0.1) is 22.7 Å². The molecule has 3 nitrogen and oxygen atoms in total. The first-order valence-corrected chi connectivity index (χ1v) is 8.19. The number of sulfone groups is 1. The van der Waals surface area contributed by atoms with E-state index in [1.54, 1.807) is 0 Å². The van der Waals surface area contributed by atoms with Gasteiger partial charge in [-0.3, -0.25) is 0 Å². The maximum Gasteiger partial charge on any atom is 0.161 e. The molecule has 0 aromatic carbocycles. The van der Waals surface area contributed by atoms with Crippen LogP contribution in [0.5, 0.6) is 0 Å². The highest BCUT2D eigenvalue weighted by molar-refractivity contribution is 7.92. The van der Waals surface area contributed by atoms with Gasteiger partial charge in [0.15, 0.2) is 9.84 Å². The molecule has 2 saturated carbocycles. The Morgan fingerprint density at radius 3 is 1.69 bits per heavy atom. The number of hydrogen-bond acceptors (Lipinski definition) is 3. The summed E-state index contributed by atoms with van der Waals surface area (Å²) in [7, 11) is -2.91. The Balaban J connectivity index is 1.91. The van der Waals surface area contributed by atoms with Gasteiger partial charge in [-0.05, 0) is 25.7 Å². The molecule has 16 heavy (non-hydrogen) atoms. The molecule has 0 aromatic rings. The first-order chi connectivity index (χ1) is 7.69. The van der Waals surface area contributed by atoms with Crippen LogP contribution < -0.4 is 0 Å². The Labute approximate surface area is 97.5 Å². The van der Waals surface area contributed by atoms with Crippen molar-refractivity contribution in [1.29, 1.82) is 0 Å². The Hall–Kier alpha value is -0.0900. The van der Waals surface area contributed by atoms with E-state index in [-0.39, 0.29) is 22.7 Å². The van der Waals surface area contributed by atoms with Gasteiger partial charge in [0, 0.05) is 0 Å². The first-order valence-electron chi connectivity index (χ1n) is 6.58. The van der Waals surface area contributed by atoms with Gasteiger partial charge in [0.2, 0.25) is 0 Å². The van der Waals surface area contributed by atoms with E-state index in [4.69, 9.17) is 4.74 Å². The molecule has 2 aliphatic carbocycles. The van der Waals surface area contributed by atoms with Crippen molar-refractivity contribution < 1.29 is 13.2 Å². The molecular formula is C12H20O3S. The molecule has 4 atom stereocenters. The molecule has 1 saturated heterocycles. The molecule has 4 heteroatoms. The van der Waals surface area contributed by atoms with Crippen molar-refractivity contribution in [3.63, 3.8) is 0 Å². The molecule has 1 heterocycles. The predicted molar refractivity (Wildman–Crippen MR) is 62.1 cm³/mol. The Morgan fingerprint density at radius 2 is 1.19 bits per heavy atom. The van der Waals surface area contributed by atoms with Crippen molar-refractivity contribution in [2.75, 3.05) is 0 Å². The first kappa shape index (κ1) is 11.0. The molecule has 0 spiro atoms. The summed E-state index contributed by atoms with van der Waals surface area (Å²) in [5.41, 5.74) is 0. The average molecular weight is 244 g/mol. The second-order valence-corrected chi connectivity index (χ2v) is 7.84. The zero-order chi connectivity index (χ0) is 11.2. The third kappa shape index (κ3) is 1.61. The second kappa shape index (κ2) is 3.98. The van der Waals surface area contributed by atoms with Crippen molar-refractivity contribution in [3.8, 4) is 0 Å². The predicted octanol–water partition coefficient (Wildman–Crippen LogP) is 2.05. The largest absolute Gasteiger partial charge is 0.372 e. The normalized spacial score (nSPS) is 46.8. The van der Waals surface area contributed by atoms with Crippen LogP contribution in [0.1, 0.15) is 51.4 Å². The molecule has 0 amide bonds. The summed E-state index contributed by atoms with van der Waals surface area (Å²) >= 11 is 0. The zero-order valence-corrected chi connectivity index (χ0v) is 10.4. The monoisotopic (exact) mass is 244 g/mol. The highest BCUT2D eigenvalue weighted by Crippen LogP contribution is 2.40. The van der Waals surface area contributed by atoms with Crippen LogP contribution in [0.15, 0.2) is 0 Å². The Kier molecular flexibility index (Phi) is 2.75. The summed E-state index contributed by atoms with van der Waals surface area (Å²) in [6.07, 6.45) is 7.97. The lowest BCUT2D eigenvalue weighted by Gasteiger charge is -2.45. The van der Waals surface area contributed by atoms with Crippen LogP contribution in [-0.2, 0) is 14.6 Å². The SMILES string of the molecule is O=S1(=O)C2CCCCC2OC2CCCCC21. The zero-order valence-electron chi connectivity index (χ0n) is 9.60. The standard InChI is InChI=1S/C12H20O3S/c13-16(14)11-7-3-1-5-9(11)15-10-6-2-4-8-12(10)16/h9-12H,1-8H2. The van der Waals surface area contributed by atoms with Crippen LogP contribution in [0, 0.1) is 0 Å². The molecule has 0 N–H and O–H groups in total. The number of hydrogen-bond donors (Lipinski definition) is 0. The average Bonchev–Trinajstić information content (AvgIpc) is 2.29. The lowest BCUT2D eigenvalue weighted by Crippen LogP contribution is -2.56. The molecule has 3 fully saturated rings. The fraction of sp³-hybridized carbons (Fsp3) is 1.00. The molecule has 0 aromatic heterocycles. The summed E-state index contributed by atoms with van der Waals surface area (Å²) in [5, 5.41) is -0.360. The van der Waals surface area contributed by atoms with Gasteiger partial charge in [-0.15, -0.1) is 0 Å². The molecule has 0 radical (unpaired) electrons. The van der Waals surface area contributed by atoms with Crippen LogP contribution in [0.4, 0.5) is 0 Å². The van der Waals surface area contributed by atoms with Gasteiger partial charge in [-0.1, -0.05) is 25.7 Å². The van der Waals surface area contributed by atoms with E-state index in [0.29, 0.717) is 0 Å². The van der Waals surface area contributed by atoms with E-state index in [0.717, 1.165) is 51.4 Å². The van der Waals surface area contributed by atoms with Crippen LogP contribution in [0.2, 0.25) is 0 Å². The van der Waals surface area contributed by atoms with Crippen LogP contribution in [0.3, 0.4) is 0 Å². The maximum absolute atomic E-state index is 12.5. The minimum Gasteiger partial charge on any atom is -0.372 e. The minimum absolute atomic E-state index is 0.0121. The maximum atomic E-state index is 12.5. The molecule has 4 unspecified atom stereocenters. The van der Waals surface area contributed by atoms with E-state index in [2.05, 4.69) is 0 Å². The smallest absolute Gasteiger partial charge is 0.161 e. The third-order valence-electron chi connectivity index (χ3n) is 4.48. The molecule has 92 valence electrons. The van der Waals surface area contributed by atoms with Crippen molar-refractivity contribution in [2.24, 2.45) is 0 Å². The van der Waals surface area contributed by atoms with Crippen molar-refractivity contribution >= 4 is 9.84 Å². The summed E-state index contributed by atoms with van der Waals surface area (Å²) < 4.78 is 31.1. The van der Waals surface area contributed by atoms with Crippen molar-refractivity contribution in [3.05, 3.63) is 0 Å². The minimum atomic E-state index is -2.91. The highest BCUT2D eigenvalue weighted by Gasteiger charge is 2.50. The fourth-order valence-corrected chi connectivity index (χ4v) is 6.32. The summed E-state index contributed by atoms with van der Waals surface area (Å²) in [5.74, 6) is 0. The molecule has 3 aliphatic rings. The number of rotatable bonds is 0. The molecular weight excluding hydrogens is 224 g/mol. The molecule has 3 rings (SSSR count). The number of fused-ring (bicyclic) bond motifs is 2. The van der Waals surface area contributed by atoms with E-state index >= 15 is 0 Å². The van der Waals surface area contributed by atoms with Gasteiger partial charge in [0.1, 0.15) is 0 Å². The van der Waals surface area contributed by atoms with E-state index in [9.17, 15) is 8.42 Å². The summed E-state index contributed by atoms with van der Waals surface area (Å²) in [6.45, 7) is 0. The quantitative estimate of drug-likeness (QED) is 0.655. The molecule has 0 bridgehead atoms. The Bertz CT molecular complexity index is 334. The van der Waals surface area contributed by atoms with Gasteiger partial charge in [-0.2, -0.15) is 0 Å². The lowest BCUT2D eigenvalue weighted by molar-refractivity contribution is -0.0524. The Morgan fingerprint density at radius 1 is 0.750 bits per heavy atom. The fourth-order valence-electron chi connectivity index (χ4n) is 3.64. The van der Waals surface area contributed by atoms with E-state index in [1.165, 1.54) is 0 Å². The summed E-state index contributed by atoms with van der Waals surface area (Å²) in [6, 6.07) is 0. The van der Waals surface area contributed by atoms with Crippen LogP contribution in [-0.4, -0.2) is 31.1 Å². The van der Waals surface area contributed by atoms with Crippen LogP contribution >= 0.6 is 0 Å². The van der Waals surface area contributed by atoms with E-state index in [1.807, 2.05) is 0 Å². The second-order valence-electron chi connectivity index (χ2n) is 5.45.